The molecule has 3 aromatic rings. The fourth-order valence-electron chi connectivity index (χ4n) is 3.59. The molecule has 1 fully saturated rings. The van der Waals surface area contributed by atoms with Gasteiger partial charge in [0.1, 0.15) is 11.3 Å². The van der Waals surface area contributed by atoms with Crippen molar-refractivity contribution in [3.05, 3.63) is 62.7 Å². The highest BCUT2D eigenvalue weighted by Crippen LogP contribution is 2.28. The van der Waals surface area contributed by atoms with Crippen molar-refractivity contribution in [2.45, 2.75) is 18.9 Å². The van der Waals surface area contributed by atoms with Crippen molar-refractivity contribution in [1.29, 1.82) is 0 Å². The summed E-state index contributed by atoms with van der Waals surface area (Å²) in [5, 5.41) is 3.56. The number of carbonyl (C=O) groups is 1. The zero-order valence-corrected chi connectivity index (χ0v) is 16.2. The molecule has 146 valence electrons. The van der Waals surface area contributed by atoms with Crippen molar-refractivity contribution in [2.75, 3.05) is 18.4 Å². The Hall–Kier alpha value is -2.51. The van der Waals surface area contributed by atoms with Crippen LogP contribution in [0.25, 0.3) is 11.0 Å². The van der Waals surface area contributed by atoms with E-state index >= 15 is 0 Å². The van der Waals surface area contributed by atoms with E-state index in [1.807, 2.05) is 0 Å². The van der Waals surface area contributed by atoms with Gasteiger partial charge in [-0.15, -0.1) is 0 Å². The number of aromatic amines is 1. The molecule has 2 aromatic carbocycles. The Morgan fingerprint density at radius 3 is 2.61 bits per heavy atom. The van der Waals surface area contributed by atoms with E-state index in [9.17, 15) is 14.0 Å². The molecule has 0 saturated carbocycles. The van der Waals surface area contributed by atoms with Crippen LogP contribution in [-0.4, -0.2) is 33.6 Å². The van der Waals surface area contributed by atoms with Crippen LogP contribution in [-0.2, 0) is 0 Å². The minimum Gasteiger partial charge on any atom is -0.324 e. The zero-order chi connectivity index (χ0) is 19.8. The van der Waals surface area contributed by atoms with Crippen molar-refractivity contribution in [3.63, 3.8) is 0 Å². The molecule has 6 nitrogen and oxygen atoms in total. The monoisotopic (exact) mass is 422 g/mol. The molecule has 1 saturated heterocycles. The van der Waals surface area contributed by atoms with E-state index in [0.717, 1.165) is 0 Å². The maximum Gasteiger partial charge on any atom is 0.326 e. The number of imidazole rings is 1. The van der Waals surface area contributed by atoms with Gasteiger partial charge in [-0.05, 0) is 43.2 Å². The number of benzene rings is 2. The highest BCUT2D eigenvalue weighted by atomic mass is 35.5. The lowest BCUT2D eigenvalue weighted by atomic mass is 10.0. The Balaban J connectivity index is 1.46. The van der Waals surface area contributed by atoms with Crippen molar-refractivity contribution in [2.24, 2.45) is 0 Å². The molecule has 0 atom stereocenters. The van der Waals surface area contributed by atoms with Gasteiger partial charge in [-0.2, -0.15) is 0 Å². The molecule has 1 aromatic heterocycles. The lowest BCUT2D eigenvalue weighted by Crippen LogP contribution is -2.42. The summed E-state index contributed by atoms with van der Waals surface area (Å²) < 4.78 is 15.7. The number of amides is 2. The molecule has 0 radical (unpaired) electrons. The fourth-order valence-corrected chi connectivity index (χ4v) is 3.89. The number of rotatable bonds is 2. The number of hydrogen-bond donors (Lipinski definition) is 2. The Labute approximate surface area is 169 Å². The maximum absolute atomic E-state index is 14.2. The van der Waals surface area contributed by atoms with Gasteiger partial charge in [0.05, 0.1) is 15.6 Å². The first kappa shape index (κ1) is 18.8. The Kier molecular flexibility index (Phi) is 5.03. The second-order valence-electron chi connectivity index (χ2n) is 6.71. The van der Waals surface area contributed by atoms with Crippen molar-refractivity contribution in [3.8, 4) is 0 Å². The quantitative estimate of drug-likeness (QED) is 0.630. The second-order valence-corrected chi connectivity index (χ2v) is 7.53. The van der Waals surface area contributed by atoms with Gasteiger partial charge in [-0.1, -0.05) is 29.3 Å². The van der Waals surface area contributed by atoms with E-state index in [-0.39, 0.29) is 23.3 Å². The largest absolute Gasteiger partial charge is 0.326 e. The molecule has 0 unspecified atom stereocenters. The summed E-state index contributed by atoms with van der Waals surface area (Å²) in [5.41, 5.74) is 0.978. The van der Waals surface area contributed by atoms with Crippen LogP contribution in [0.1, 0.15) is 18.9 Å². The second kappa shape index (κ2) is 7.48. The first-order chi connectivity index (χ1) is 13.4. The van der Waals surface area contributed by atoms with Gasteiger partial charge < -0.3 is 15.2 Å². The summed E-state index contributed by atoms with van der Waals surface area (Å²) in [6.45, 7) is 0.900. The third-order valence-electron chi connectivity index (χ3n) is 4.98. The van der Waals surface area contributed by atoms with Crippen LogP contribution in [0, 0.1) is 5.82 Å². The molecular weight excluding hydrogens is 406 g/mol. The summed E-state index contributed by atoms with van der Waals surface area (Å²) >= 11 is 11.9. The summed E-state index contributed by atoms with van der Waals surface area (Å²) in [4.78, 5) is 29.2. The highest BCUT2D eigenvalue weighted by molar-refractivity contribution is 6.42. The number of H-pyrrole nitrogens is 1. The average Bonchev–Trinajstić information content (AvgIpc) is 3.02. The number of para-hydroxylation sites is 1. The van der Waals surface area contributed by atoms with Gasteiger partial charge in [-0.25, -0.2) is 14.0 Å². The first-order valence-electron chi connectivity index (χ1n) is 8.84. The summed E-state index contributed by atoms with van der Waals surface area (Å²) in [6.07, 6.45) is 1.10. The standard InChI is InChI=1S/C19H17Cl2FN4O2/c20-13-5-4-11(10-14(13)21)23-18(27)25-8-6-12(7-9-25)26-17-15(22)2-1-3-16(17)24-19(26)28/h1-5,10,12H,6-9H2,(H,23,27)(H,24,28). The lowest BCUT2D eigenvalue weighted by Gasteiger charge is -2.32. The fraction of sp³-hybridized carbons (Fsp3) is 0.263. The van der Waals surface area contributed by atoms with E-state index < -0.39 is 5.82 Å². The van der Waals surface area contributed by atoms with Crippen LogP contribution < -0.4 is 11.0 Å². The van der Waals surface area contributed by atoms with Crippen LogP contribution in [0.5, 0.6) is 0 Å². The molecule has 28 heavy (non-hydrogen) atoms. The van der Waals surface area contributed by atoms with E-state index in [1.165, 1.54) is 10.6 Å². The Bertz CT molecular complexity index is 1100. The Morgan fingerprint density at radius 1 is 1.14 bits per heavy atom. The van der Waals surface area contributed by atoms with Crippen LogP contribution in [0.2, 0.25) is 10.0 Å². The molecule has 0 bridgehead atoms. The Morgan fingerprint density at radius 2 is 1.89 bits per heavy atom. The van der Waals surface area contributed by atoms with Gasteiger partial charge in [0, 0.05) is 24.8 Å². The number of halogens is 3. The number of nitrogens with one attached hydrogen (secondary N) is 2. The number of fused-ring (bicyclic) bond motifs is 1. The number of anilines is 1. The number of piperidine rings is 1. The molecule has 1 aliphatic heterocycles. The average molecular weight is 423 g/mol. The molecule has 0 aliphatic carbocycles. The van der Waals surface area contributed by atoms with Crippen molar-refractivity contribution >= 4 is 46.0 Å². The molecule has 2 amide bonds. The van der Waals surface area contributed by atoms with Crippen LogP contribution >= 0.6 is 23.2 Å². The molecule has 1 aliphatic rings. The smallest absolute Gasteiger partial charge is 0.324 e. The number of carbonyl (C=O) groups excluding carboxylic acids is 1. The number of urea groups is 1. The van der Waals surface area contributed by atoms with E-state index in [4.69, 9.17) is 23.2 Å². The van der Waals surface area contributed by atoms with Crippen molar-refractivity contribution in [1.82, 2.24) is 14.5 Å². The normalized spacial score (nSPS) is 15.2. The number of aromatic nitrogens is 2. The van der Waals surface area contributed by atoms with Crippen LogP contribution in [0.3, 0.4) is 0 Å². The lowest BCUT2D eigenvalue weighted by molar-refractivity contribution is 0.184. The highest BCUT2D eigenvalue weighted by Gasteiger charge is 2.27. The third kappa shape index (κ3) is 3.47. The predicted molar refractivity (Wildman–Crippen MR) is 108 cm³/mol. The summed E-state index contributed by atoms with van der Waals surface area (Å²) in [7, 11) is 0. The predicted octanol–water partition coefficient (Wildman–Crippen LogP) is 4.64. The summed E-state index contributed by atoms with van der Waals surface area (Å²) in [6, 6.07) is 9.02. The first-order valence-corrected chi connectivity index (χ1v) is 9.59. The van der Waals surface area contributed by atoms with Crippen LogP contribution in [0.4, 0.5) is 14.9 Å². The number of nitrogens with zero attached hydrogens (tertiary/aromatic N) is 2. The van der Waals surface area contributed by atoms with E-state index in [0.29, 0.717) is 47.2 Å². The van der Waals surface area contributed by atoms with Gasteiger partial charge in [-0.3, -0.25) is 4.57 Å². The molecule has 2 N–H and O–H groups in total. The third-order valence-corrected chi connectivity index (χ3v) is 5.71. The van der Waals surface area contributed by atoms with Gasteiger partial charge in [0.15, 0.2) is 0 Å². The SMILES string of the molecule is O=C(Nc1ccc(Cl)c(Cl)c1)N1CCC(n2c(=O)[nH]c3cccc(F)c32)CC1. The molecule has 2 heterocycles. The summed E-state index contributed by atoms with van der Waals surface area (Å²) in [5.74, 6) is -0.435. The van der Waals surface area contributed by atoms with Crippen LogP contribution in [0.15, 0.2) is 41.2 Å². The minimum absolute atomic E-state index is 0.174. The zero-order valence-electron chi connectivity index (χ0n) is 14.7. The van der Waals surface area contributed by atoms with E-state index in [1.54, 1.807) is 35.2 Å². The van der Waals surface area contributed by atoms with Gasteiger partial charge >= 0.3 is 11.7 Å². The van der Waals surface area contributed by atoms with Gasteiger partial charge in [0.25, 0.3) is 0 Å². The van der Waals surface area contributed by atoms with Gasteiger partial charge in [0.2, 0.25) is 0 Å². The molecule has 0 spiro atoms. The number of likely N-dealkylation sites (tertiary alicyclic amines) is 1. The topological polar surface area (TPSA) is 70.1 Å². The number of hydrogen-bond acceptors (Lipinski definition) is 2. The minimum atomic E-state index is -0.435. The van der Waals surface area contributed by atoms with Crippen molar-refractivity contribution < 1.29 is 9.18 Å². The molecule has 4 rings (SSSR count). The van der Waals surface area contributed by atoms with E-state index in [2.05, 4.69) is 10.3 Å². The maximum atomic E-state index is 14.2. The molecular formula is C19H17Cl2FN4O2. The molecule has 9 heteroatoms.